The predicted molar refractivity (Wildman–Crippen MR) is 41.8 cm³/mol. The number of hydrogen-bond donors (Lipinski definition) is 1. The molecular formula is C5H10SSi. The van der Waals surface area contributed by atoms with E-state index in [1.807, 2.05) is 0 Å². The quantitative estimate of drug-likeness (QED) is 0.362. The number of rotatable bonds is 0. The SMILES string of the molecule is CC1=CC=C[SH]1[SiH3]. The molecule has 0 saturated carbocycles. The van der Waals surface area contributed by atoms with Gasteiger partial charge in [-0.1, -0.05) is 17.6 Å². The molecule has 0 aromatic heterocycles. The van der Waals surface area contributed by atoms with Crippen molar-refractivity contribution in [3.63, 3.8) is 0 Å². The Morgan fingerprint density at radius 1 is 1.71 bits per heavy atom. The van der Waals surface area contributed by atoms with Crippen molar-refractivity contribution in [2.45, 2.75) is 6.92 Å². The molecule has 0 aliphatic carbocycles. The van der Waals surface area contributed by atoms with Crippen LogP contribution in [0.5, 0.6) is 0 Å². The van der Waals surface area contributed by atoms with Crippen molar-refractivity contribution in [1.29, 1.82) is 0 Å². The van der Waals surface area contributed by atoms with Crippen molar-refractivity contribution in [3.05, 3.63) is 22.5 Å². The van der Waals surface area contributed by atoms with E-state index in [4.69, 9.17) is 0 Å². The second-order valence-electron chi connectivity index (χ2n) is 1.76. The van der Waals surface area contributed by atoms with Gasteiger partial charge in [0.25, 0.3) is 0 Å². The van der Waals surface area contributed by atoms with E-state index in [0.717, 1.165) is 0 Å². The smallest absolute Gasteiger partial charge is 0.0548 e. The highest BCUT2D eigenvalue weighted by Gasteiger charge is 1.95. The van der Waals surface area contributed by atoms with E-state index in [9.17, 15) is 0 Å². The van der Waals surface area contributed by atoms with Gasteiger partial charge >= 0.3 is 0 Å². The summed E-state index contributed by atoms with van der Waals surface area (Å²) < 4.78 is 0. The highest BCUT2D eigenvalue weighted by atomic mass is 32.4. The summed E-state index contributed by atoms with van der Waals surface area (Å²) in [5, 5.41) is 2.33. The van der Waals surface area contributed by atoms with Crippen molar-refractivity contribution < 1.29 is 0 Å². The molecule has 1 atom stereocenters. The van der Waals surface area contributed by atoms with E-state index >= 15 is 0 Å². The Labute approximate surface area is 49.7 Å². The lowest BCUT2D eigenvalue weighted by atomic mass is 10.5. The normalized spacial score (nSPS) is 33.9. The van der Waals surface area contributed by atoms with Gasteiger partial charge in [0, 0.05) is 0 Å². The van der Waals surface area contributed by atoms with Gasteiger partial charge in [0.15, 0.2) is 0 Å². The van der Waals surface area contributed by atoms with Gasteiger partial charge in [-0.05, 0) is 11.8 Å². The summed E-state index contributed by atoms with van der Waals surface area (Å²) in [7, 11) is 1.64. The van der Waals surface area contributed by atoms with Gasteiger partial charge in [0.2, 0.25) is 0 Å². The van der Waals surface area contributed by atoms with E-state index in [2.05, 4.69) is 24.5 Å². The van der Waals surface area contributed by atoms with Crippen molar-refractivity contribution in [1.82, 2.24) is 0 Å². The Bertz CT molecular complexity index is 126. The maximum absolute atomic E-state index is 2.33. The lowest BCUT2D eigenvalue weighted by molar-refractivity contribution is 1.70. The second kappa shape index (κ2) is 1.88. The van der Waals surface area contributed by atoms with Gasteiger partial charge < -0.3 is 0 Å². The van der Waals surface area contributed by atoms with Crippen LogP contribution in [-0.2, 0) is 0 Å². The fourth-order valence-electron chi connectivity index (χ4n) is 0.547. The molecule has 0 saturated heterocycles. The molecule has 0 amide bonds. The molecule has 0 aromatic carbocycles. The van der Waals surface area contributed by atoms with E-state index in [1.165, 1.54) is 9.39 Å². The van der Waals surface area contributed by atoms with Gasteiger partial charge in [0.1, 0.15) is 0 Å². The molecule has 1 aliphatic heterocycles. The van der Waals surface area contributed by atoms with E-state index < -0.39 is 0 Å². The van der Waals surface area contributed by atoms with Crippen LogP contribution in [0.4, 0.5) is 0 Å². The average Bonchev–Trinajstić information content (AvgIpc) is 1.91. The van der Waals surface area contributed by atoms with Gasteiger partial charge in [-0.2, -0.15) is 0 Å². The van der Waals surface area contributed by atoms with Crippen LogP contribution >= 0.6 is 10.3 Å². The zero-order chi connectivity index (χ0) is 5.28. The Morgan fingerprint density at radius 3 is 2.57 bits per heavy atom. The zero-order valence-corrected chi connectivity index (χ0v) is 7.57. The maximum atomic E-state index is 2.33. The Kier molecular flexibility index (Phi) is 1.39. The van der Waals surface area contributed by atoms with Crippen molar-refractivity contribution >= 4 is 19.7 Å². The maximum Gasteiger partial charge on any atom is 0.0548 e. The van der Waals surface area contributed by atoms with Crippen LogP contribution in [0.1, 0.15) is 6.92 Å². The van der Waals surface area contributed by atoms with Crippen LogP contribution in [0.2, 0.25) is 0 Å². The van der Waals surface area contributed by atoms with Crippen molar-refractivity contribution in [3.8, 4) is 0 Å². The summed E-state index contributed by atoms with van der Waals surface area (Å²) in [4.78, 5) is 1.60. The Hall–Kier alpha value is 0.0469. The summed E-state index contributed by atoms with van der Waals surface area (Å²) in [6, 6.07) is 0. The molecule has 1 unspecified atom stereocenters. The van der Waals surface area contributed by atoms with Crippen molar-refractivity contribution in [2.75, 3.05) is 0 Å². The number of thiol groups is 1. The number of hydrogen-bond acceptors (Lipinski definition) is 0. The standard InChI is InChI=1S/C5H10SSi/c1-5-3-2-4-6(5)7/h2-4,6H,1,7H3. The minimum Gasteiger partial charge on any atom is -0.233 e. The third-order valence-electron chi connectivity index (χ3n) is 1.20. The third-order valence-corrected chi connectivity index (χ3v) is 6.10. The molecule has 40 valence electrons. The topological polar surface area (TPSA) is 0 Å². The van der Waals surface area contributed by atoms with Crippen LogP contribution in [0, 0.1) is 0 Å². The van der Waals surface area contributed by atoms with E-state index in [-0.39, 0.29) is 0 Å². The van der Waals surface area contributed by atoms with Crippen LogP contribution in [0.15, 0.2) is 22.5 Å². The molecule has 0 N–H and O–H groups in total. The Morgan fingerprint density at radius 2 is 2.43 bits per heavy atom. The first-order valence-electron chi connectivity index (χ1n) is 2.38. The fourth-order valence-corrected chi connectivity index (χ4v) is 2.41. The summed E-state index contributed by atoms with van der Waals surface area (Å²) in [5.74, 6) is 0. The molecule has 1 rings (SSSR count). The highest BCUT2D eigenvalue weighted by molar-refractivity contribution is 8.40. The lowest BCUT2D eigenvalue weighted by Crippen LogP contribution is -1.67. The lowest BCUT2D eigenvalue weighted by Gasteiger charge is -2.03. The fraction of sp³-hybridized carbons (Fsp3) is 0.200. The number of allylic oxidation sites excluding steroid dienone is 3. The first-order chi connectivity index (χ1) is 3.30. The van der Waals surface area contributed by atoms with Crippen LogP contribution in [0.3, 0.4) is 0 Å². The second-order valence-corrected chi connectivity index (χ2v) is 6.88. The first kappa shape index (κ1) is 5.19. The molecular weight excluding hydrogens is 120 g/mol. The molecule has 0 radical (unpaired) electrons. The largest absolute Gasteiger partial charge is 0.233 e. The zero-order valence-electron chi connectivity index (χ0n) is 4.68. The average molecular weight is 130 g/mol. The third kappa shape index (κ3) is 0.981. The summed E-state index contributed by atoms with van der Waals surface area (Å²) >= 11 is 0. The molecule has 0 fully saturated rings. The van der Waals surface area contributed by atoms with Crippen LogP contribution in [0.25, 0.3) is 0 Å². The minimum absolute atomic E-state index is 0.293. The van der Waals surface area contributed by atoms with Gasteiger partial charge in [-0.3, -0.25) is 0 Å². The van der Waals surface area contributed by atoms with Gasteiger partial charge in [-0.15, -0.1) is 0 Å². The molecule has 0 spiro atoms. The summed E-state index contributed by atoms with van der Waals surface area (Å²) in [6.07, 6.45) is 4.40. The molecule has 7 heavy (non-hydrogen) atoms. The highest BCUT2D eigenvalue weighted by Crippen LogP contribution is 2.34. The monoisotopic (exact) mass is 130 g/mol. The summed E-state index contributed by atoms with van der Waals surface area (Å²) in [5.41, 5.74) is 0. The molecule has 2 heteroatoms. The molecule has 1 heterocycles. The van der Waals surface area contributed by atoms with E-state index in [1.54, 1.807) is 4.91 Å². The summed E-state index contributed by atoms with van der Waals surface area (Å²) in [6.45, 7) is 2.22. The predicted octanol–water partition coefficient (Wildman–Crippen LogP) is 0.699. The van der Waals surface area contributed by atoms with Crippen LogP contribution < -0.4 is 0 Å². The minimum atomic E-state index is 0.293. The first-order valence-corrected chi connectivity index (χ1v) is 6.93. The van der Waals surface area contributed by atoms with E-state index in [0.29, 0.717) is 10.3 Å². The van der Waals surface area contributed by atoms with Crippen molar-refractivity contribution in [2.24, 2.45) is 0 Å². The molecule has 1 aliphatic rings. The molecule has 0 aromatic rings. The van der Waals surface area contributed by atoms with Crippen LogP contribution in [-0.4, -0.2) is 9.39 Å². The Balaban J connectivity index is 2.69. The van der Waals surface area contributed by atoms with Gasteiger partial charge in [0.05, 0.1) is 9.39 Å². The van der Waals surface area contributed by atoms with Gasteiger partial charge in [-0.25, -0.2) is 10.3 Å². The molecule has 0 nitrogen and oxygen atoms in total. The molecule has 0 bridgehead atoms.